The van der Waals surface area contributed by atoms with E-state index in [2.05, 4.69) is 4.90 Å². The quantitative estimate of drug-likeness (QED) is 0.0685. The number of nitrogens with zero attached hydrogens (tertiary/aromatic N) is 2. The highest BCUT2D eigenvalue weighted by atomic mass is 16.6. The molecule has 2 aliphatic heterocycles. The molecule has 3 rings (SSSR count). The van der Waals surface area contributed by atoms with Gasteiger partial charge in [-0.2, -0.15) is 0 Å². The largest absolute Gasteiger partial charge is 0.439 e. The number of piperazine rings is 1. The van der Waals surface area contributed by atoms with Gasteiger partial charge in [-0.25, -0.2) is 4.79 Å². The number of aliphatic hydroxyl groups is 4. The molecule has 10 nitrogen and oxygen atoms in total. The number of amides is 1. The molecule has 9 atom stereocenters. The summed E-state index contributed by atoms with van der Waals surface area (Å²) in [4.78, 5) is 30.5. The zero-order valence-corrected chi connectivity index (χ0v) is 29.8. The molecule has 0 aromatic carbocycles. The molecule has 2 heterocycles. The summed E-state index contributed by atoms with van der Waals surface area (Å²) < 4.78 is 11.6. The first-order valence-electron chi connectivity index (χ1n) is 17.8. The van der Waals surface area contributed by atoms with Crippen molar-refractivity contribution in [2.45, 2.75) is 135 Å². The molecule has 1 saturated carbocycles. The molecule has 3 fully saturated rings. The van der Waals surface area contributed by atoms with Crippen LogP contribution in [0.4, 0.5) is 4.79 Å². The van der Waals surface area contributed by atoms with E-state index in [1.54, 1.807) is 63.0 Å². The van der Waals surface area contributed by atoms with Gasteiger partial charge in [-0.3, -0.25) is 9.69 Å². The molecule has 0 aromatic heterocycles. The van der Waals surface area contributed by atoms with Crippen LogP contribution in [0.5, 0.6) is 0 Å². The Hall–Kier alpha value is -2.08. The van der Waals surface area contributed by atoms with Crippen LogP contribution in [0, 0.1) is 17.8 Å². The molecular weight excluding hydrogens is 600 g/mol. The van der Waals surface area contributed by atoms with E-state index in [-0.39, 0.29) is 30.3 Å². The van der Waals surface area contributed by atoms with Gasteiger partial charge in [-0.05, 0) is 76.9 Å². The van der Waals surface area contributed by atoms with Crippen LogP contribution >= 0.6 is 0 Å². The normalized spacial score (nSPS) is 26.8. The van der Waals surface area contributed by atoms with Crippen LogP contribution in [-0.2, 0) is 14.3 Å². The maximum Gasteiger partial charge on any atom is 0.410 e. The third kappa shape index (κ3) is 12.7. The van der Waals surface area contributed by atoms with Crippen molar-refractivity contribution in [3.05, 3.63) is 36.0 Å². The molecule has 0 spiro atoms. The monoisotopic (exact) mass is 662 g/mol. The number of aliphatic hydroxyl groups excluding tert-OH is 2. The van der Waals surface area contributed by atoms with E-state index in [1.807, 2.05) is 20.8 Å². The topological polar surface area (TPSA) is 143 Å². The Balaban J connectivity index is 1.59. The summed E-state index contributed by atoms with van der Waals surface area (Å²) in [6, 6.07) is 0. The summed E-state index contributed by atoms with van der Waals surface area (Å²) in [5.41, 5.74) is -2.10. The highest BCUT2D eigenvalue weighted by molar-refractivity contribution is 5.97. The maximum absolute atomic E-state index is 13.2. The first-order valence-corrected chi connectivity index (χ1v) is 17.8. The van der Waals surface area contributed by atoms with Gasteiger partial charge in [-0.15, -0.1) is 0 Å². The van der Waals surface area contributed by atoms with Gasteiger partial charge in [0.1, 0.15) is 5.60 Å². The third-order valence-electron chi connectivity index (χ3n) is 10.1. The van der Waals surface area contributed by atoms with Crippen molar-refractivity contribution in [2.24, 2.45) is 17.8 Å². The summed E-state index contributed by atoms with van der Waals surface area (Å²) in [6.07, 6.45) is 10.3. The summed E-state index contributed by atoms with van der Waals surface area (Å²) in [7, 11) is 0. The molecule has 10 heteroatoms. The second-order valence-corrected chi connectivity index (χ2v) is 14.8. The van der Waals surface area contributed by atoms with Crippen LogP contribution in [-0.4, -0.2) is 117 Å². The van der Waals surface area contributed by atoms with E-state index in [0.29, 0.717) is 44.3 Å². The fourth-order valence-electron chi connectivity index (χ4n) is 6.19. The Labute approximate surface area is 282 Å². The number of rotatable bonds is 19. The maximum atomic E-state index is 13.2. The molecule has 268 valence electrons. The first kappa shape index (κ1) is 39.4. The lowest BCUT2D eigenvalue weighted by atomic mass is 9.89. The highest BCUT2D eigenvalue weighted by Gasteiger charge is 2.47. The predicted molar refractivity (Wildman–Crippen MR) is 183 cm³/mol. The Morgan fingerprint density at radius 1 is 1.02 bits per heavy atom. The third-order valence-corrected chi connectivity index (χ3v) is 10.1. The Kier molecular flexibility index (Phi) is 14.7. The van der Waals surface area contributed by atoms with Gasteiger partial charge in [0, 0.05) is 51.0 Å². The van der Waals surface area contributed by atoms with Crippen LogP contribution in [0.2, 0.25) is 0 Å². The molecule has 4 N–H and O–H groups in total. The fraction of sp³-hybridized carbons (Fsp3) is 0.784. The number of ketones is 1. The van der Waals surface area contributed by atoms with Gasteiger partial charge in [0.15, 0.2) is 11.9 Å². The number of carbonyl (C=O) groups is 2. The average molecular weight is 663 g/mol. The summed E-state index contributed by atoms with van der Waals surface area (Å²) in [6.45, 7) is 16.3. The van der Waals surface area contributed by atoms with Crippen molar-refractivity contribution < 1.29 is 39.5 Å². The van der Waals surface area contributed by atoms with E-state index in [0.717, 1.165) is 25.6 Å². The number of ether oxygens (including phenoxy) is 2. The average Bonchev–Trinajstić information content (AvgIpc) is 3.98. The minimum absolute atomic E-state index is 0.00108. The minimum Gasteiger partial charge on any atom is -0.439 e. The van der Waals surface area contributed by atoms with Crippen LogP contribution in [0.1, 0.15) is 93.4 Å². The van der Waals surface area contributed by atoms with E-state index < -0.39 is 41.5 Å². The van der Waals surface area contributed by atoms with Crippen molar-refractivity contribution in [2.75, 3.05) is 32.7 Å². The standard InChI is InChI=1S/C37H62N2O8/c1-8-29(40)16-18-37(7,45)32(47-35(43)39-21-19-38(20-22-39)24-28-13-14-28)15-12-26(4)33(42)25(3)11-10-17-36(6,44)23-31-34(46-31)27(5)30(41)9-2/h10-12,15,17,26-32,34,40-41,44-45H,8-9,13-14,16,18-24H2,1-7H3/b15-12+,17-10+,25-11+. The second-order valence-electron chi connectivity index (χ2n) is 14.8. The minimum atomic E-state index is -1.45. The number of carbonyl (C=O) groups excluding carboxylic acids is 2. The first-order chi connectivity index (χ1) is 22.1. The molecule has 3 aliphatic rings. The van der Waals surface area contributed by atoms with E-state index >= 15 is 0 Å². The van der Waals surface area contributed by atoms with Gasteiger partial charge in [0.25, 0.3) is 0 Å². The molecule has 2 saturated heterocycles. The van der Waals surface area contributed by atoms with Gasteiger partial charge < -0.3 is 34.8 Å². The van der Waals surface area contributed by atoms with Crippen LogP contribution in [0.25, 0.3) is 0 Å². The van der Waals surface area contributed by atoms with Crippen molar-refractivity contribution in [3.63, 3.8) is 0 Å². The van der Waals surface area contributed by atoms with Crippen molar-refractivity contribution in [1.29, 1.82) is 0 Å². The highest BCUT2D eigenvalue weighted by Crippen LogP contribution is 2.37. The number of allylic oxidation sites excluding steroid dienone is 4. The molecule has 1 amide bonds. The molecule has 1 aliphatic carbocycles. The van der Waals surface area contributed by atoms with Crippen LogP contribution in [0.3, 0.4) is 0 Å². The van der Waals surface area contributed by atoms with Gasteiger partial charge in [0.2, 0.25) is 0 Å². The lowest BCUT2D eigenvalue weighted by Gasteiger charge is -2.37. The second kappa shape index (κ2) is 17.5. The zero-order chi connectivity index (χ0) is 34.9. The molecular formula is C37H62N2O8. The summed E-state index contributed by atoms with van der Waals surface area (Å²) in [5, 5.41) is 42.5. The van der Waals surface area contributed by atoms with E-state index in [1.165, 1.54) is 12.8 Å². The predicted octanol–water partition coefficient (Wildman–Crippen LogP) is 4.40. The van der Waals surface area contributed by atoms with Crippen molar-refractivity contribution in [1.82, 2.24) is 9.80 Å². The number of hydrogen-bond acceptors (Lipinski definition) is 9. The number of Topliss-reactive ketones (excluding diaryl/α,β-unsaturated/α-hetero) is 1. The summed E-state index contributed by atoms with van der Waals surface area (Å²) >= 11 is 0. The van der Waals surface area contributed by atoms with Gasteiger partial charge >= 0.3 is 6.09 Å². The van der Waals surface area contributed by atoms with Crippen LogP contribution < -0.4 is 0 Å². The molecule has 0 aromatic rings. The number of hydrogen-bond donors (Lipinski definition) is 4. The summed E-state index contributed by atoms with van der Waals surface area (Å²) in [5.74, 6) is 0.0889. The van der Waals surface area contributed by atoms with Gasteiger partial charge in [-0.1, -0.05) is 52.0 Å². The lowest BCUT2D eigenvalue weighted by molar-refractivity contribution is -0.117. The number of epoxide rings is 1. The Morgan fingerprint density at radius 2 is 1.68 bits per heavy atom. The van der Waals surface area contributed by atoms with E-state index in [4.69, 9.17) is 9.47 Å². The van der Waals surface area contributed by atoms with Crippen molar-refractivity contribution >= 4 is 11.9 Å². The molecule has 47 heavy (non-hydrogen) atoms. The fourth-order valence-corrected chi connectivity index (χ4v) is 6.19. The molecule has 9 unspecified atom stereocenters. The van der Waals surface area contributed by atoms with E-state index in [9.17, 15) is 30.0 Å². The van der Waals surface area contributed by atoms with Crippen LogP contribution in [0.15, 0.2) is 36.0 Å². The smallest absolute Gasteiger partial charge is 0.410 e. The Morgan fingerprint density at radius 3 is 2.28 bits per heavy atom. The SMILES string of the molecule is CCC(O)CCC(C)(O)C(/C=C/C(C)C(=O)/C(C)=C/C=C/C(C)(O)CC1OC1C(C)C(O)CC)OC(=O)N1CCN(CC2CC2)CC1. The zero-order valence-electron chi connectivity index (χ0n) is 29.8. The van der Waals surface area contributed by atoms with Crippen molar-refractivity contribution in [3.8, 4) is 0 Å². The Bertz CT molecular complexity index is 1110. The molecule has 0 radical (unpaired) electrons. The lowest BCUT2D eigenvalue weighted by Crippen LogP contribution is -2.51. The van der Waals surface area contributed by atoms with Gasteiger partial charge in [0.05, 0.1) is 30.0 Å². The molecule has 0 bridgehead atoms.